The molecule has 0 aromatic carbocycles. The maximum Gasteiger partial charge on any atom is 0.257 e. The first kappa shape index (κ1) is 26.7. The Morgan fingerprint density at radius 2 is 1.97 bits per heavy atom. The van der Waals surface area contributed by atoms with Crippen LogP contribution in [-0.2, 0) is 19.1 Å². The summed E-state index contributed by atoms with van der Waals surface area (Å²) in [5, 5.41) is 2.98. The maximum absolute atomic E-state index is 12.6. The van der Waals surface area contributed by atoms with Gasteiger partial charge in [0.25, 0.3) is 5.91 Å². The van der Waals surface area contributed by atoms with Gasteiger partial charge in [0.2, 0.25) is 11.8 Å². The molecule has 1 heterocycles. The van der Waals surface area contributed by atoms with Gasteiger partial charge >= 0.3 is 0 Å². The van der Waals surface area contributed by atoms with Gasteiger partial charge in [-0.3, -0.25) is 19.3 Å². The largest absolute Gasteiger partial charge is 0.499 e. The lowest BCUT2D eigenvalue weighted by Crippen LogP contribution is -2.40. The number of hydrogen-bond acceptors (Lipinski definition) is 4. The summed E-state index contributed by atoms with van der Waals surface area (Å²) < 4.78 is 5.36. The maximum atomic E-state index is 12.6. The van der Waals surface area contributed by atoms with Crippen LogP contribution in [0.25, 0.3) is 0 Å². The van der Waals surface area contributed by atoms with E-state index in [-0.39, 0.29) is 29.7 Å². The Kier molecular flexibility index (Phi) is 13.4. The topological polar surface area (TPSA) is 75.7 Å². The number of imide groups is 1. The smallest absolute Gasteiger partial charge is 0.257 e. The van der Waals surface area contributed by atoms with Crippen LogP contribution in [0, 0.1) is 18.3 Å². The van der Waals surface area contributed by atoms with Crippen molar-refractivity contribution in [2.24, 2.45) is 5.92 Å². The summed E-state index contributed by atoms with van der Waals surface area (Å²) in [5.74, 6) is 2.81. The molecule has 1 aliphatic heterocycles. The van der Waals surface area contributed by atoms with E-state index >= 15 is 0 Å². The highest BCUT2D eigenvalue weighted by Gasteiger charge is 2.37. The number of hydrogen-bond donors (Lipinski definition) is 1. The van der Waals surface area contributed by atoms with Gasteiger partial charge in [-0.2, -0.15) is 0 Å². The van der Waals surface area contributed by atoms with Crippen molar-refractivity contribution in [3.63, 3.8) is 0 Å². The quantitative estimate of drug-likeness (QED) is 0.291. The molecule has 0 fully saturated rings. The second kappa shape index (κ2) is 15.5. The van der Waals surface area contributed by atoms with Gasteiger partial charge in [-0.05, 0) is 38.5 Å². The molecular formula is C25H40N2O4. The molecule has 0 aromatic rings. The van der Waals surface area contributed by atoms with Crippen LogP contribution in [0.2, 0.25) is 0 Å². The average molecular weight is 433 g/mol. The Bertz CT molecular complexity index is 650. The molecular weight excluding hydrogens is 392 g/mol. The second-order valence-electron chi connectivity index (χ2n) is 8.32. The first-order valence-corrected chi connectivity index (χ1v) is 11.8. The van der Waals surface area contributed by atoms with Crippen molar-refractivity contribution in [1.82, 2.24) is 10.2 Å². The predicted octanol–water partition coefficient (Wildman–Crippen LogP) is 4.34. The Labute approximate surface area is 188 Å². The van der Waals surface area contributed by atoms with Crippen LogP contribution in [0.15, 0.2) is 11.8 Å². The third kappa shape index (κ3) is 9.59. The van der Waals surface area contributed by atoms with Gasteiger partial charge in [-0.1, -0.05) is 39.5 Å². The molecule has 6 heteroatoms. The van der Waals surface area contributed by atoms with Gasteiger partial charge in [0.05, 0.1) is 13.2 Å². The molecule has 6 nitrogen and oxygen atoms in total. The third-order valence-corrected chi connectivity index (χ3v) is 5.75. The molecule has 0 aliphatic carbocycles. The monoisotopic (exact) mass is 432 g/mol. The molecule has 1 N–H and O–H groups in total. The number of terminal acetylenes is 1. The molecule has 3 amide bonds. The summed E-state index contributed by atoms with van der Waals surface area (Å²) in [6.07, 6.45) is 16.8. The average Bonchev–Trinajstić information content (AvgIpc) is 3.08. The minimum atomic E-state index is -0.332. The molecule has 0 aromatic heterocycles. The van der Waals surface area contributed by atoms with Crippen molar-refractivity contribution >= 4 is 17.7 Å². The van der Waals surface area contributed by atoms with E-state index in [4.69, 9.17) is 11.2 Å². The van der Waals surface area contributed by atoms with Crippen LogP contribution in [0.3, 0.4) is 0 Å². The summed E-state index contributed by atoms with van der Waals surface area (Å²) in [5.41, 5.74) is 0. The Morgan fingerprint density at radius 1 is 1.19 bits per heavy atom. The molecule has 0 unspecified atom stereocenters. The summed E-state index contributed by atoms with van der Waals surface area (Å²) >= 11 is 0. The van der Waals surface area contributed by atoms with E-state index in [9.17, 15) is 14.4 Å². The predicted molar refractivity (Wildman–Crippen MR) is 123 cm³/mol. The number of ether oxygens (including phenoxy) is 1. The van der Waals surface area contributed by atoms with Crippen LogP contribution in [-0.4, -0.2) is 42.3 Å². The number of rotatable bonds is 16. The standard InChI is InChI=1S/C25H40N2O4/c1-5-7-9-11-15-20(3)25(30)26-18-14-13-16-21-22(31-4)19-24(29)27(21)23(28)17-12-10-8-6-2/h1,19-21H,6-18H2,2-4H3,(H,26,30)/t20-,21+/m1/s1. The molecule has 174 valence electrons. The van der Waals surface area contributed by atoms with E-state index in [1.807, 2.05) is 6.92 Å². The SMILES string of the molecule is C#CCCCC[C@@H](C)C(=O)NCCCC[C@H]1C(OC)=CC(=O)N1C(=O)CCCCCC. The van der Waals surface area contributed by atoms with E-state index < -0.39 is 0 Å². The minimum absolute atomic E-state index is 0.0194. The zero-order valence-electron chi connectivity index (χ0n) is 19.6. The summed E-state index contributed by atoms with van der Waals surface area (Å²) in [6, 6.07) is -0.332. The molecule has 0 saturated carbocycles. The van der Waals surface area contributed by atoms with Crippen LogP contribution in [0.5, 0.6) is 0 Å². The van der Waals surface area contributed by atoms with E-state index in [0.29, 0.717) is 25.1 Å². The highest BCUT2D eigenvalue weighted by atomic mass is 16.5. The van der Waals surface area contributed by atoms with Gasteiger partial charge < -0.3 is 10.1 Å². The third-order valence-electron chi connectivity index (χ3n) is 5.75. The van der Waals surface area contributed by atoms with Crippen LogP contribution < -0.4 is 5.32 Å². The van der Waals surface area contributed by atoms with Crippen LogP contribution in [0.4, 0.5) is 0 Å². The van der Waals surface area contributed by atoms with Crippen LogP contribution in [0.1, 0.15) is 90.9 Å². The first-order chi connectivity index (χ1) is 15.0. The van der Waals surface area contributed by atoms with Gasteiger partial charge in [-0.15, -0.1) is 12.3 Å². The molecule has 0 bridgehead atoms. The molecule has 2 atom stereocenters. The number of unbranched alkanes of at least 4 members (excludes halogenated alkanes) is 6. The first-order valence-electron chi connectivity index (χ1n) is 11.8. The number of carbonyl (C=O) groups is 3. The van der Waals surface area contributed by atoms with Crippen molar-refractivity contribution in [1.29, 1.82) is 0 Å². The fourth-order valence-corrected chi connectivity index (χ4v) is 3.81. The number of carbonyl (C=O) groups excluding carboxylic acids is 3. The van der Waals surface area contributed by atoms with Crippen LogP contribution >= 0.6 is 0 Å². The van der Waals surface area contributed by atoms with Gasteiger partial charge in [0, 0.05) is 31.4 Å². The van der Waals surface area contributed by atoms with Gasteiger partial charge in [0.15, 0.2) is 0 Å². The van der Waals surface area contributed by atoms with Crippen molar-refractivity contribution in [3.05, 3.63) is 11.8 Å². The zero-order valence-corrected chi connectivity index (χ0v) is 19.6. The zero-order chi connectivity index (χ0) is 23.1. The molecule has 31 heavy (non-hydrogen) atoms. The van der Waals surface area contributed by atoms with E-state index in [0.717, 1.165) is 64.2 Å². The Balaban J connectivity index is 2.39. The van der Waals surface area contributed by atoms with E-state index in [1.54, 1.807) is 0 Å². The normalized spacial score (nSPS) is 16.6. The van der Waals surface area contributed by atoms with E-state index in [2.05, 4.69) is 18.2 Å². The number of nitrogens with one attached hydrogen (secondary N) is 1. The summed E-state index contributed by atoms with van der Waals surface area (Å²) in [7, 11) is 1.53. The molecule has 1 aliphatic rings. The fraction of sp³-hybridized carbons (Fsp3) is 0.720. The van der Waals surface area contributed by atoms with Crippen molar-refractivity contribution < 1.29 is 19.1 Å². The lowest BCUT2D eigenvalue weighted by molar-refractivity contribution is -0.143. The highest BCUT2D eigenvalue weighted by Crippen LogP contribution is 2.26. The number of nitrogens with zero attached hydrogens (tertiary/aromatic N) is 1. The fourth-order valence-electron chi connectivity index (χ4n) is 3.81. The number of methoxy groups -OCH3 is 1. The van der Waals surface area contributed by atoms with Crippen molar-refractivity contribution in [2.75, 3.05) is 13.7 Å². The Hall–Kier alpha value is -2.29. The van der Waals surface area contributed by atoms with Gasteiger partial charge in [-0.25, -0.2) is 0 Å². The Morgan fingerprint density at radius 3 is 2.65 bits per heavy atom. The molecule has 0 spiro atoms. The second-order valence-corrected chi connectivity index (χ2v) is 8.32. The number of amides is 3. The summed E-state index contributed by atoms with van der Waals surface area (Å²) in [6.45, 7) is 4.65. The summed E-state index contributed by atoms with van der Waals surface area (Å²) in [4.78, 5) is 38.5. The lowest BCUT2D eigenvalue weighted by Gasteiger charge is -2.25. The lowest BCUT2D eigenvalue weighted by atomic mass is 10.0. The molecule has 1 rings (SSSR count). The highest BCUT2D eigenvalue weighted by molar-refractivity contribution is 6.04. The van der Waals surface area contributed by atoms with Crippen molar-refractivity contribution in [3.8, 4) is 12.3 Å². The van der Waals surface area contributed by atoms with Gasteiger partial charge in [0.1, 0.15) is 5.76 Å². The minimum Gasteiger partial charge on any atom is -0.499 e. The van der Waals surface area contributed by atoms with Crippen molar-refractivity contribution in [2.45, 2.75) is 96.9 Å². The molecule has 0 saturated heterocycles. The molecule has 0 radical (unpaired) electrons. The van der Waals surface area contributed by atoms with E-state index in [1.165, 1.54) is 18.1 Å².